The van der Waals surface area contributed by atoms with Crippen molar-refractivity contribution in [1.82, 2.24) is 10.3 Å². The van der Waals surface area contributed by atoms with Gasteiger partial charge in [0.2, 0.25) is 0 Å². The molecule has 17 heavy (non-hydrogen) atoms. The first-order chi connectivity index (χ1) is 8.18. The van der Waals surface area contributed by atoms with Crippen LogP contribution in [0.1, 0.15) is 5.56 Å². The molecule has 1 aromatic heterocycles. The summed E-state index contributed by atoms with van der Waals surface area (Å²) in [6, 6.07) is 7.51. The molecule has 0 saturated heterocycles. The fraction of sp³-hybridized carbons (Fsp3) is 0. The van der Waals surface area contributed by atoms with Crippen molar-refractivity contribution in [3.8, 4) is 0 Å². The maximum Gasteiger partial charge on any atom is 0.270 e. The Morgan fingerprint density at radius 1 is 1.06 bits per heavy atom. The minimum atomic E-state index is -0.544. The fourth-order valence-corrected chi connectivity index (χ4v) is 2.19. The van der Waals surface area contributed by atoms with Gasteiger partial charge in [0.05, 0.1) is 5.57 Å². The summed E-state index contributed by atoms with van der Waals surface area (Å²) in [7, 11) is 0. The third-order valence-electron chi connectivity index (χ3n) is 2.73. The van der Waals surface area contributed by atoms with Gasteiger partial charge in [-0.25, -0.2) is 0 Å². The van der Waals surface area contributed by atoms with Gasteiger partial charge in [0.15, 0.2) is 0 Å². The monoisotopic (exact) mass is 246 g/mol. The highest BCUT2D eigenvalue weighted by molar-refractivity contribution is 6.55. The smallest absolute Gasteiger partial charge is 0.270 e. The summed E-state index contributed by atoms with van der Waals surface area (Å²) in [5, 5.41) is 2.98. The van der Waals surface area contributed by atoms with Gasteiger partial charge in [0, 0.05) is 22.7 Å². The number of para-hydroxylation sites is 1. The van der Waals surface area contributed by atoms with Crippen molar-refractivity contribution >= 4 is 39.9 Å². The summed E-state index contributed by atoms with van der Waals surface area (Å²) < 4.78 is 0. The van der Waals surface area contributed by atoms with Crippen LogP contribution in [0, 0.1) is 0 Å². The van der Waals surface area contributed by atoms with Gasteiger partial charge < -0.3 is 4.98 Å². The van der Waals surface area contributed by atoms with Crippen molar-refractivity contribution in [3.63, 3.8) is 0 Å². The van der Waals surface area contributed by atoms with Crippen molar-refractivity contribution in [3.05, 3.63) is 41.1 Å². The number of hydrogen-bond donors (Lipinski definition) is 2. The van der Waals surface area contributed by atoms with Gasteiger partial charge in [-0.3, -0.25) is 14.9 Å². The minimum Gasteiger partial charge on any atom is -0.361 e. The summed E-state index contributed by atoms with van der Waals surface area (Å²) in [5.41, 5.74) is 1.77. The molecule has 5 heteroatoms. The lowest BCUT2D eigenvalue weighted by atomic mass is 10.1. The SMILES string of the molecule is O=C1NC(=O)C(c2c[nH]c3ccccc23)=C1Cl. The summed E-state index contributed by atoms with van der Waals surface area (Å²) in [6.07, 6.45) is 1.68. The second-order valence-corrected chi connectivity index (χ2v) is 4.10. The number of carbonyl (C=O) groups is 2. The highest BCUT2D eigenvalue weighted by atomic mass is 35.5. The molecule has 0 bridgehead atoms. The Bertz CT molecular complexity index is 685. The van der Waals surface area contributed by atoms with Crippen LogP contribution in [0.3, 0.4) is 0 Å². The van der Waals surface area contributed by atoms with E-state index in [-0.39, 0.29) is 10.6 Å². The van der Waals surface area contributed by atoms with E-state index in [0.717, 1.165) is 10.9 Å². The summed E-state index contributed by atoms with van der Waals surface area (Å²) in [4.78, 5) is 26.0. The molecule has 0 atom stereocenters. The van der Waals surface area contributed by atoms with Crippen molar-refractivity contribution in [2.45, 2.75) is 0 Å². The van der Waals surface area contributed by atoms with Gasteiger partial charge in [-0.1, -0.05) is 29.8 Å². The molecule has 2 heterocycles. The number of aromatic amines is 1. The second kappa shape index (κ2) is 3.46. The lowest BCUT2D eigenvalue weighted by Crippen LogP contribution is -2.22. The highest BCUT2D eigenvalue weighted by Gasteiger charge is 2.31. The third kappa shape index (κ3) is 1.38. The molecule has 0 saturated carbocycles. The maximum atomic E-state index is 11.6. The van der Waals surface area contributed by atoms with E-state index in [1.165, 1.54) is 0 Å². The zero-order chi connectivity index (χ0) is 12.0. The predicted octanol–water partition coefficient (Wildman–Crippen LogP) is 1.77. The molecule has 2 amide bonds. The van der Waals surface area contributed by atoms with E-state index >= 15 is 0 Å². The van der Waals surface area contributed by atoms with Gasteiger partial charge in [-0.2, -0.15) is 0 Å². The molecule has 1 aliphatic rings. The number of hydrogen-bond acceptors (Lipinski definition) is 2. The molecule has 2 aromatic rings. The van der Waals surface area contributed by atoms with Gasteiger partial charge in [0.1, 0.15) is 5.03 Å². The first-order valence-corrected chi connectivity index (χ1v) is 5.38. The molecule has 1 aliphatic heterocycles. The lowest BCUT2D eigenvalue weighted by molar-refractivity contribution is -0.123. The molecular weight excluding hydrogens is 240 g/mol. The molecule has 2 N–H and O–H groups in total. The van der Waals surface area contributed by atoms with Crippen LogP contribution in [0.15, 0.2) is 35.5 Å². The van der Waals surface area contributed by atoms with E-state index in [1.807, 2.05) is 24.3 Å². The molecule has 0 fully saturated rings. The van der Waals surface area contributed by atoms with Crippen molar-refractivity contribution in [2.75, 3.05) is 0 Å². The Labute approximate surface area is 101 Å². The summed E-state index contributed by atoms with van der Waals surface area (Å²) in [6.45, 7) is 0. The number of carbonyl (C=O) groups excluding carboxylic acids is 2. The summed E-state index contributed by atoms with van der Waals surface area (Å²) >= 11 is 5.85. The van der Waals surface area contributed by atoms with Crippen molar-refractivity contribution in [2.24, 2.45) is 0 Å². The lowest BCUT2D eigenvalue weighted by Gasteiger charge is -1.97. The molecule has 3 rings (SSSR count). The number of amides is 2. The standard InChI is InChI=1S/C12H7ClN2O2/c13-10-9(11(16)15-12(10)17)7-5-14-8-4-2-1-3-6(7)8/h1-5,14H,(H,15,16,17). The van der Waals surface area contributed by atoms with E-state index in [9.17, 15) is 9.59 Å². The Balaban J connectivity index is 2.29. The van der Waals surface area contributed by atoms with Gasteiger partial charge >= 0.3 is 0 Å². The molecule has 0 radical (unpaired) electrons. The molecule has 0 spiro atoms. The van der Waals surface area contributed by atoms with Crippen LogP contribution in [-0.2, 0) is 9.59 Å². The van der Waals surface area contributed by atoms with Crippen LogP contribution in [0.4, 0.5) is 0 Å². The number of fused-ring (bicyclic) bond motifs is 1. The zero-order valence-corrected chi connectivity index (χ0v) is 9.34. The van der Waals surface area contributed by atoms with Crippen LogP contribution in [0.25, 0.3) is 16.5 Å². The van der Waals surface area contributed by atoms with Gasteiger partial charge in [0.25, 0.3) is 11.8 Å². The first-order valence-electron chi connectivity index (χ1n) is 5.00. The van der Waals surface area contributed by atoms with E-state index in [0.29, 0.717) is 5.56 Å². The van der Waals surface area contributed by atoms with Crippen LogP contribution >= 0.6 is 11.6 Å². The normalized spacial score (nSPS) is 15.8. The van der Waals surface area contributed by atoms with Crippen LogP contribution in [0.5, 0.6) is 0 Å². The maximum absolute atomic E-state index is 11.6. The average molecular weight is 247 g/mol. The number of benzene rings is 1. The number of aromatic nitrogens is 1. The number of nitrogens with one attached hydrogen (secondary N) is 2. The first kappa shape index (κ1) is 10.1. The quantitative estimate of drug-likeness (QED) is 0.754. The van der Waals surface area contributed by atoms with E-state index < -0.39 is 11.8 Å². The molecule has 4 nitrogen and oxygen atoms in total. The molecule has 0 unspecified atom stereocenters. The molecule has 1 aromatic carbocycles. The zero-order valence-electron chi connectivity index (χ0n) is 8.58. The van der Waals surface area contributed by atoms with E-state index in [1.54, 1.807) is 6.20 Å². The largest absolute Gasteiger partial charge is 0.361 e. The molecule has 84 valence electrons. The minimum absolute atomic E-state index is 0.0558. The van der Waals surface area contributed by atoms with Crippen LogP contribution in [0.2, 0.25) is 0 Å². The number of imide groups is 1. The highest BCUT2D eigenvalue weighted by Crippen LogP contribution is 2.31. The topological polar surface area (TPSA) is 62.0 Å². The number of H-pyrrole nitrogens is 1. The predicted molar refractivity (Wildman–Crippen MR) is 64.2 cm³/mol. The van der Waals surface area contributed by atoms with Crippen LogP contribution in [-0.4, -0.2) is 16.8 Å². The Morgan fingerprint density at radius 2 is 1.82 bits per heavy atom. The Kier molecular flexibility index (Phi) is 2.06. The van der Waals surface area contributed by atoms with E-state index in [4.69, 9.17) is 11.6 Å². The molecular formula is C12H7ClN2O2. The fourth-order valence-electron chi connectivity index (χ4n) is 1.95. The average Bonchev–Trinajstić information content (AvgIpc) is 2.82. The van der Waals surface area contributed by atoms with Crippen molar-refractivity contribution < 1.29 is 9.59 Å². The Morgan fingerprint density at radius 3 is 2.53 bits per heavy atom. The van der Waals surface area contributed by atoms with Crippen LogP contribution < -0.4 is 5.32 Å². The van der Waals surface area contributed by atoms with Crippen molar-refractivity contribution in [1.29, 1.82) is 0 Å². The summed E-state index contributed by atoms with van der Waals surface area (Å²) in [5.74, 6) is -0.998. The number of rotatable bonds is 1. The third-order valence-corrected chi connectivity index (χ3v) is 3.09. The Hall–Kier alpha value is -2.07. The molecule has 0 aliphatic carbocycles. The second-order valence-electron chi connectivity index (χ2n) is 3.72. The van der Waals surface area contributed by atoms with Gasteiger partial charge in [-0.05, 0) is 6.07 Å². The number of halogens is 1. The van der Waals surface area contributed by atoms with E-state index in [2.05, 4.69) is 10.3 Å². The van der Waals surface area contributed by atoms with Gasteiger partial charge in [-0.15, -0.1) is 0 Å².